The zero-order chi connectivity index (χ0) is 15.3. The van der Waals surface area contributed by atoms with Gasteiger partial charge in [0.25, 0.3) is 0 Å². The summed E-state index contributed by atoms with van der Waals surface area (Å²) in [6.45, 7) is 7.47. The van der Waals surface area contributed by atoms with Crippen LogP contribution in [0.5, 0.6) is 0 Å². The van der Waals surface area contributed by atoms with Gasteiger partial charge in [0, 0.05) is 25.3 Å². The Morgan fingerprint density at radius 1 is 1.25 bits per heavy atom. The third kappa shape index (κ3) is 4.13. The monoisotopic (exact) mass is 288 g/mol. The van der Waals surface area contributed by atoms with E-state index in [4.69, 9.17) is 5.73 Å². The first kappa shape index (κ1) is 16.8. The quantitative estimate of drug-likeness (QED) is 0.856. The molecule has 2 nitrogen and oxygen atoms in total. The van der Waals surface area contributed by atoms with Crippen molar-refractivity contribution < 1.29 is 13.2 Å². The number of hydrogen-bond donors (Lipinski definition) is 1. The molecule has 1 rings (SSSR count). The molecular weight excluding hydrogens is 265 g/mol. The topological polar surface area (TPSA) is 29.3 Å². The summed E-state index contributed by atoms with van der Waals surface area (Å²) in [4.78, 5) is 1.98. The minimum Gasteiger partial charge on any atom is -0.372 e. The fraction of sp³-hybridized carbons (Fsp3) is 0.600. The molecule has 114 valence electrons. The van der Waals surface area contributed by atoms with Crippen molar-refractivity contribution in [1.29, 1.82) is 0 Å². The molecule has 0 aliphatic carbocycles. The second-order valence-electron chi connectivity index (χ2n) is 5.10. The number of nitrogens with zero attached hydrogens (tertiary/aromatic N) is 1. The average Bonchev–Trinajstić information content (AvgIpc) is 2.42. The molecule has 20 heavy (non-hydrogen) atoms. The van der Waals surface area contributed by atoms with Crippen LogP contribution in [0, 0.1) is 5.92 Å². The third-order valence-corrected chi connectivity index (χ3v) is 3.59. The van der Waals surface area contributed by atoms with Crippen LogP contribution in [-0.2, 0) is 12.7 Å². The minimum atomic E-state index is -4.36. The molecule has 1 aromatic carbocycles. The van der Waals surface area contributed by atoms with Gasteiger partial charge < -0.3 is 10.6 Å². The molecule has 0 saturated carbocycles. The van der Waals surface area contributed by atoms with Crippen LogP contribution in [0.4, 0.5) is 18.9 Å². The molecule has 0 saturated heterocycles. The zero-order valence-electron chi connectivity index (χ0n) is 12.3. The van der Waals surface area contributed by atoms with E-state index >= 15 is 0 Å². The van der Waals surface area contributed by atoms with Crippen LogP contribution in [0.15, 0.2) is 18.2 Å². The van der Waals surface area contributed by atoms with E-state index in [1.165, 1.54) is 12.1 Å². The number of anilines is 1. The summed E-state index contributed by atoms with van der Waals surface area (Å²) in [5, 5.41) is 0. The number of hydrogen-bond acceptors (Lipinski definition) is 2. The Hall–Kier alpha value is -1.23. The van der Waals surface area contributed by atoms with Crippen LogP contribution in [-0.4, -0.2) is 13.1 Å². The number of nitrogens with two attached hydrogens (primary N) is 1. The van der Waals surface area contributed by atoms with Crippen LogP contribution in [0.3, 0.4) is 0 Å². The van der Waals surface area contributed by atoms with E-state index in [1.807, 2.05) is 11.8 Å². The number of rotatable bonds is 6. The van der Waals surface area contributed by atoms with Gasteiger partial charge >= 0.3 is 6.18 Å². The van der Waals surface area contributed by atoms with Crippen LogP contribution in [0.25, 0.3) is 0 Å². The van der Waals surface area contributed by atoms with Crippen LogP contribution < -0.4 is 10.6 Å². The average molecular weight is 288 g/mol. The van der Waals surface area contributed by atoms with Crippen LogP contribution >= 0.6 is 0 Å². The maximum absolute atomic E-state index is 13.0. The highest BCUT2D eigenvalue weighted by Gasteiger charge is 2.33. The smallest absolute Gasteiger partial charge is 0.372 e. The van der Waals surface area contributed by atoms with Gasteiger partial charge in [0.2, 0.25) is 0 Å². The van der Waals surface area contributed by atoms with E-state index in [0.717, 1.165) is 13.0 Å². The van der Waals surface area contributed by atoms with Gasteiger partial charge in [-0.15, -0.1) is 0 Å². The molecule has 0 fully saturated rings. The van der Waals surface area contributed by atoms with E-state index in [2.05, 4.69) is 13.8 Å². The molecule has 0 radical (unpaired) electrons. The number of benzene rings is 1. The van der Waals surface area contributed by atoms with E-state index in [-0.39, 0.29) is 12.1 Å². The fourth-order valence-electron chi connectivity index (χ4n) is 2.13. The second kappa shape index (κ2) is 6.97. The van der Waals surface area contributed by atoms with Crippen molar-refractivity contribution in [2.45, 2.75) is 39.9 Å². The molecule has 1 unspecified atom stereocenters. The SMILES string of the molecule is CCC(C)CN(CC)c1ccc(CN)c(C(F)(F)F)c1. The lowest BCUT2D eigenvalue weighted by atomic mass is 10.0. The van der Waals surface area contributed by atoms with Gasteiger partial charge in [-0.2, -0.15) is 13.2 Å². The van der Waals surface area contributed by atoms with Crippen molar-refractivity contribution in [1.82, 2.24) is 0 Å². The van der Waals surface area contributed by atoms with Gasteiger partial charge in [-0.3, -0.25) is 0 Å². The Morgan fingerprint density at radius 3 is 2.35 bits per heavy atom. The fourth-order valence-corrected chi connectivity index (χ4v) is 2.13. The summed E-state index contributed by atoms with van der Waals surface area (Å²) >= 11 is 0. The first-order valence-electron chi connectivity index (χ1n) is 6.98. The van der Waals surface area contributed by atoms with Gasteiger partial charge in [0.15, 0.2) is 0 Å². The molecule has 0 aromatic heterocycles. The normalized spacial score (nSPS) is 13.3. The molecule has 2 N–H and O–H groups in total. The molecule has 0 amide bonds. The third-order valence-electron chi connectivity index (χ3n) is 3.59. The lowest BCUT2D eigenvalue weighted by Gasteiger charge is -2.27. The largest absolute Gasteiger partial charge is 0.416 e. The first-order chi connectivity index (χ1) is 9.33. The van der Waals surface area contributed by atoms with Gasteiger partial charge in [0.1, 0.15) is 0 Å². The first-order valence-corrected chi connectivity index (χ1v) is 6.98. The molecule has 0 heterocycles. The van der Waals surface area contributed by atoms with E-state index < -0.39 is 11.7 Å². The predicted octanol–water partition coefficient (Wildman–Crippen LogP) is 4.04. The van der Waals surface area contributed by atoms with Crippen molar-refractivity contribution in [2.75, 3.05) is 18.0 Å². The van der Waals surface area contributed by atoms with Gasteiger partial charge in [-0.25, -0.2) is 0 Å². The summed E-state index contributed by atoms with van der Waals surface area (Å²) in [5.74, 6) is 0.443. The van der Waals surface area contributed by atoms with Crippen LogP contribution in [0.2, 0.25) is 0 Å². The Balaban J connectivity index is 3.12. The standard InChI is InChI=1S/C15H23F3N2/c1-4-11(3)10-20(5-2)13-7-6-12(9-19)14(8-13)15(16,17)18/h6-8,11H,4-5,9-10,19H2,1-3H3. The van der Waals surface area contributed by atoms with Gasteiger partial charge in [0.05, 0.1) is 5.56 Å². The van der Waals surface area contributed by atoms with Crippen molar-refractivity contribution in [3.63, 3.8) is 0 Å². The molecular formula is C15H23F3N2. The molecule has 1 aromatic rings. The summed E-state index contributed by atoms with van der Waals surface area (Å²) in [5.41, 5.74) is 5.52. The lowest BCUT2D eigenvalue weighted by Crippen LogP contribution is -2.28. The summed E-state index contributed by atoms with van der Waals surface area (Å²) in [6, 6.07) is 4.43. The molecule has 0 aliphatic rings. The highest BCUT2D eigenvalue weighted by molar-refractivity contribution is 5.52. The lowest BCUT2D eigenvalue weighted by molar-refractivity contribution is -0.138. The van der Waals surface area contributed by atoms with Crippen molar-refractivity contribution in [3.05, 3.63) is 29.3 Å². The van der Waals surface area contributed by atoms with Crippen molar-refractivity contribution in [3.8, 4) is 0 Å². The molecule has 0 aliphatic heterocycles. The Labute approximate surface area is 118 Å². The molecule has 1 atom stereocenters. The number of alkyl halides is 3. The van der Waals surface area contributed by atoms with E-state index in [0.29, 0.717) is 18.2 Å². The van der Waals surface area contributed by atoms with Crippen molar-refractivity contribution in [2.24, 2.45) is 11.7 Å². The van der Waals surface area contributed by atoms with Gasteiger partial charge in [-0.1, -0.05) is 26.3 Å². The predicted molar refractivity (Wildman–Crippen MR) is 76.7 cm³/mol. The minimum absolute atomic E-state index is 0.105. The van der Waals surface area contributed by atoms with E-state index in [1.54, 1.807) is 6.07 Å². The van der Waals surface area contributed by atoms with Crippen LogP contribution in [0.1, 0.15) is 38.3 Å². The highest BCUT2D eigenvalue weighted by Crippen LogP contribution is 2.34. The van der Waals surface area contributed by atoms with Gasteiger partial charge in [-0.05, 0) is 30.5 Å². The zero-order valence-corrected chi connectivity index (χ0v) is 12.3. The molecule has 0 bridgehead atoms. The molecule has 0 spiro atoms. The maximum Gasteiger partial charge on any atom is 0.416 e. The highest BCUT2D eigenvalue weighted by atomic mass is 19.4. The Kier molecular flexibility index (Phi) is 5.87. The van der Waals surface area contributed by atoms with Crippen molar-refractivity contribution >= 4 is 5.69 Å². The number of halogens is 3. The Bertz CT molecular complexity index is 430. The summed E-state index contributed by atoms with van der Waals surface area (Å²) < 4.78 is 39.1. The van der Waals surface area contributed by atoms with E-state index in [9.17, 15) is 13.2 Å². The molecule has 5 heteroatoms. The maximum atomic E-state index is 13.0. The Morgan fingerprint density at radius 2 is 1.90 bits per heavy atom. The second-order valence-corrected chi connectivity index (χ2v) is 5.10. The summed E-state index contributed by atoms with van der Waals surface area (Å²) in [7, 11) is 0. The summed E-state index contributed by atoms with van der Waals surface area (Å²) in [6.07, 6.45) is -3.36.